The van der Waals surface area contributed by atoms with Crippen LogP contribution < -0.4 is 0 Å². The molecule has 2 aliphatic carbocycles. The average Bonchev–Trinajstić information content (AvgIpc) is 2.93. The highest BCUT2D eigenvalue weighted by Crippen LogP contribution is 2.70. The molecule has 1 fully saturated rings. The third-order valence-corrected chi connectivity index (χ3v) is 8.79. The largest absolute Gasteiger partial charge is 0.0619 e. The Labute approximate surface area is 211 Å². The molecule has 0 aliphatic heterocycles. The van der Waals surface area contributed by atoms with Crippen molar-refractivity contribution in [2.75, 3.05) is 0 Å². The molecule has 1 saturated carbocycles. The second-order valence-electron chi connectivity index (χ2n) is 10.5. The second kappa shape index (κ2) is 7.67. The molecule has 0 N–H and O–H groups in total. The summed E-state index contributed by atoms with van der Waals surface area (Å²) in [6.07, 6.45) is 0. The number of benzene rings is 6. The Bertz CT molecular complexity index is 1640. The van der Waals surface area contributed by atoms with Crippen LogP contribution in [-0.2, 0) is 0 Å². The Morgan fingerprint density at radius 2 is 0.694 bits per heavy atom. The fourth-order valence-electron chi connectivity index (χ4n) is 7.25. The highest BCUT2D eigenvalue weighted by molar-refractivity contribution is 5.85. The lowest BCUT2D eigenvalue weighted by Crippen LogP contribution is -2.42. The molecule has 8 rings (SSSR count). The molecule has 0 radical (unpaired) electrons. The molecule has 0 spiro atoms. The summed E-state index contributed by atoms with van der Waals surface area (Å²) >= 11 is 0. The van der Waals surface area contributed by atoms with Gasteiger partial charge in [-0.25, -0.2) is 0 Å². The number of fused-ring (bicyclic) bond motifs is 8. The van der Waals surface area contributed by atoms with Crippen molar-refractivity contribution >= 4 is 21.5 Å². The maximum atomic E-state index is 2.45. The molecule has 4 atom stereocenters. The van der Waals surface area contributed by atoms with Gasteiger partial charge in [-0.1, -0.05) is 133 Å². The van der Waals surface area contributed by atoms with Crippen LogP contribution in [-0.4, -0.2) is 0 Å². The van der Waals surface area contributed by atoms with E-state index in [0.717, 1.165) is 0 Å². The summed E-state index contributed by atoms with van der Waals surface area (Å²) in [6, 6.07) is 50.1. The van der Waals surface area contributed by atoms with E-state index in [1.54, 1.807) is 0 Å². The van der Waals surface area contributed by atoms with Gasteiger partial charge in [0.05, 0.1) is 0 Å². The van der Waals surface area contributed by atoms with E-state index in [-0.39, 0.29) is 0 Å². The Balaban J connectivity index is 1.37. The van der Waals surface area contributed by atoms with Crippen LogP contribution in [0, 0.1) is 0 Å². The van der Waals surface area contributed by atoms with Gasteiger partial charge in [0, 0.05) is 0 Å². The SMILES string of the molecule is c1ccc2c(c1)-c1ccccc1[C@H]1[C@@H](c3ccc4ccccc4c3)[C@@H](c3ccc4ccccc4c3)[C@@H]21. The van der Waals surface area contributed by atoms with Gasteiger partial charge in [0.2, 0.25) is 0 Å². The second-order valence-corrected chi connectivity index (χ2v) is 10.5. The standard InChI is InChI=1S/C36H26/c1-3-11-25-21-27(19-17-23(25)9-1)33-34(28-20-18-24-10-2-4-12-26(24)22-28)36-32-16-8-6-14-30(32)29-13-5-7-15-31(29)35(33)36/h1-22,33-36H/t33-,34+,35-,36+. The van der Waals surface area contributed by atoms with E-state index >= 15 is 0 Å². The fraction of sp³-hybridized carbons (Fsp3) is 0.111. The lowest BCUT2D eigenvalue weighted by molar-refractivity contribution is 0.227. The van der Waals surface area contributed by atoms with Crippen LogP contribution in [0.1, 0.15) is 45.9 Å². The zero-order valence-electron chi connectivity index (χ0n) is 20.0. The summed E-state index contributed by atoms with van der Waals surface area (Å²) in [5.41, 5.74) is 8.77. The maximum absolute atomic E-state index is 2.45. The van der Waals surface area contributed by atoms with Gasteiger partial charge >= 0.3 is 0 Å². The number of hydrogen-bond donors (Lipinski definition) is 0. The molecule has 6 aromatic carbocycles. The summed E-state index contributed by atoms with van der Waals surface area (Å²) in [6.45, 7) is 0. The van der Waals surface area contributed by atoms with Crippen molar-refractivity contribution in [2.45, 2.75) is 23.7 Å². The van der Waals surface area contributed by atoms with Gasteiger partial charge in [-0.05, 0) is 78.6 Å². The van der Waals surface area contributed by atoms with Crippen molar-refractivity contribution in [1.82, 2.24) is 0 Å². The predicted molar refractivity (Wildman–Crippen MR) is 151 cm³/mol. The van der Waals surface area contributed by atoms with E-state index in [0.29, 0.717) is 23.7 Å². The Morgan fingerprint density at radius 3 is 1.17 bits per heavy atom. The van der Waals surface area contributed by atoms with E-state index in [1.807, 2.05) is 0 Å². The molecular formula is C36H26. The Kier molecular flexibility index (Phi) is 4.28. The molecule has 2 aliphatic rings. The number of hydrogen-bond acceptors (Lipinski definition) is 0. The third-order valence-electron chi connectivity index (χ3n) is 8.79. The molecule has 6 aromatic rings. The van der Waals surface area contributed by atoms with Gasteiger partial charge in [-0.2, -0.15) is 0 Å². The van der Waals surface area contributed by atoms with Crippen LogP contribution in [0.2, 0.25) is 0 Å². The minimum atomic E-state index is 0.440. The first kappa shape index (κ1) is 20.1. The van der Waals surface area contributed by atoms with Crippen LogP contribution in [0.5, 0.6) is 0 Å². The van der Waals surface area contributed by atoms with Crippen molar-refractivity contribution in [1.29, 1.82) is 0 Å². The van der Waals surface area contributed by atoms with Crippen molar-refractivity contribution in [3.8, 4) is 11.1 Å². The summed E-state index contributed by atoms with van der Waals surface area (Å²) in [5.74, 6) is 1.84. The van der Waals surface area contributed by atoms with E-state index in [1.165, 1.54) is 54.9 Å². The van der Waals surface area contributed by atoms with Crippen LogP contribution in [0.3, 0.4) is 0 Å². The minimum absolute atomic E-state index is 0.440. The van der Waals surface area contributed by atoms with E-state index < -0.39 is 0 Å². The van der Waals surface area contributed by atoms with Crippen molar-refractivity contribution in [3.63, 3.8) is 0 Å². The lowest BCUT2D eigenvalue weighted by atomic mass is 9.46. The van der Waals surface area contributed by atoms with Crippen molar-refractivity contribution in [2.24, 2.45) is 0 Å². The molecular weight excluding hydrogens is 432 g/mol. The quantitative estimate of drug-likeness (QED) is 0.242. The molecule has 0 unspecified atom stereocenters. The molecule has 0 bridgehead atoms. The predicted octanol–water partition coefficient (Wildman–Crippen LogP) is 9.42. The third kappa shape index (κ3) is 2.82. The summed E-state index contributed by atoms with van der Waals surface area (Å²) in [4.78, 5) is 0. The molecule has 0 amide bonds. The molecule has 0 heteroatoms. The smallest absolute Gasteiger partial charge is 0.000567 e. The minimum Gasteiger partial charge on any atom is -0.0619 e. The average molecular weight is 459 g/mol. The monoisotopic (exact) mass is 458 g/mol. The zero-order chi connectivity index (χ0) is 23.6. The van der Waals surface area contributed by atoms with Gasteiger partial charge in [-0.15, -0.1) is 0 Å². The van der Waals surface area contributed by atoms with Crippen LogP contribution in [0.15, 0.2) is 133 Å². The van der Waals surface area contributed by atoms with Crippen LogP contribution >= 0.6 is 0 Å². The van der Waals surface area contributed by atoms with Crippen molar-refractivity contribution < 1.29 is 0 Å². The van der Waals surface area contributed by atoms with Gasteiger partial charge in [-0.3, -0.25) is 0 Å². The summed E-state index contributed by atoms with van der Waals surface area (Å²) in [7, 11) is 0. The highest BCUT2D eigenvalue weighted by atomic mass is 14.6. The zero-order valence-corrected chi connectivity index (χ0v) is 20.0. The molecule has 170 valence electrons. The lowest BCUT2D eigenvalue weighted by Gasteiger charge is -2.56. The van der Waals surface area contributed by atoms with Gasteiger partial charge in [0.25, 0.3) is 0 Å². The molecule has 0 heterocycles. The van der Waals surface area contributed by atoms with E-state index in [9.17, 15) is 0 Å². The fourth-order valence-corrected chi connectivity index (χ4v) is 7.25. The van der Waals surface area contributed by atoms with E-state index in [2.05, 4.69) is 133 Å². The van der Waals surface area contributed by atoms with Gasteiger partial charge in [0.1, 0.15) is 0 Å². The Hall–Kier alpha value is -4.16. The molecule has 36 heavy (non-hydrogen) atoms. The van der Waals surface area contributed by atoms with Crippen LogP contribution in [0.4, 0.5) is 0 Å². The topological polar surface area (TPSA) is 0 Å². The summed E-state index contributed by atoms with van der Waals surface area (Å²) in [5, 5.41) is 5.29. The normalized spacial score (nSPS) is 21.9. The first-order valence-corrected chi connectivity index (χ1v) is 13.0. The highest BCUT2D eigenvalue weighted by Gasteiger charge is 2.55. The number of rotatable bonds is 2. The van der Waals surface area contributed by atoms with Gasteiger partial charge in [0.15, 0.2) is 0 Å². The molecule has 0 saturated heterocycles. The molecule has 0 nitrogen and oxygen atoms in total. The molecule has 0 aromatic heterocycles. The maximum Gasteiger partial charge on any atom is -0.000567 e. The van der Waals surface area contributed by atoms with Gasteiger partial charge < -0.3 is 0 Å². The van der Waals surface area contributed by atoms with E-state index in [4.69, 9.17) is 0 Å². The first-order chi connectivity index (χ1) is 17.9. The van der Waals surface area contributed by atoms with Crippen LogP contribution in [0.25, 0.3) is 32.7 Å². The van der Waals surface area contributed by atoms with Crippen molar-refractivity contribution in [3.05, 3.63) is 156 Å². The first-order valence-electron chi connectivity index (χ1n) is 13.0. The summed E-state index contributed by atoms with van der Waals surface area (Å²) < 4.78 is 0. The Morgan fingerprint density at radius 1 is 0.306 bits per heavy atom.